The maximum Gasteiger partial charge on any atom is 0.320 e. The molecule has 8 nitrogen and oxygen atoms in total. The van der Waals surface area contributed by atoms with E-state index in [0.717, 1.165) is 27.4 Å². The molecule has 3 heterocycles. The highest BCUT2D eigenvalue weighted by Gasteiger charge is 2.12. The number of fused-ring (bicyclic) bond motifs is 1. The summed E-state index contributed by atoms with van der Waals surface area (Å²) in [6.45, 7) is 4.11. The lowest BCUT2D eigenvalue weighted by Gasteiger charge is -2.18. The van der Waals surface area contributed by atoms with Crippen molar-refractivity contribution in [3.8, 4) is 0 Å². The van der Waals surface area contributed by atoms with Gasteiger partial charge in [-0.1, -0.05) is 29.0 Å². The molecule has 0 saturated heterocycles. The quantitative estimate of drug-likeness (QED) is 0.363. The van der Waals surface area contributed by atoms with E-state index in [2.05, 4.69) is 51.8 Å². The van der Waals surface area contributed by atoms with Gasteiger partial charge in [-0.15, -0.1) is 0 Å². The second-order valence-electron chi connectivity index (χ2n) is 7.52. The van der Waals surface area contributed by atoms with Gasteiger partial charge in [0.05, 0.1) is 0 Å². The van der Waals surface area contributed by atoms with Gasteiger partial charge in [-0.2, -0.15) is 0 Å². The Morgan fingerprint density at radius 1 is 1.16 bits per heavy atom. The SMILES string of the molecule is Cc1ccc(N(C)c2ccc3nc(Nc4cc(CN[C@@H](C)C(=O)O)ccn4)sc3n2)cc1. The molecule has 164 valence electrons. The summed E-state index contributed by atoms with van der Waals surface area (Å²) in [5.74, 6) is 0.602. The number of rotatable bonds is 8. The minimum Gasteiger partial charge on any atom is -0.480 e. The zero-order valence-electron chi connectivity index (χ0n) is 18.0. The molecule has 0 amide bonds. The number of hydrogen-bond donors (Lipinski definition) is 3. The van der Waals surface area contributed by atoms with E-state index in [1.54, 1.807) is 13.1 Å². The minimum atomic E-state index is -0.883. The lowest BCUT2D eigenvalue weighted by Crippen LogP contribution is -2.33. The maximum absolute atomic E-state index is 11.0. The van der Waals surface area contributed by atoms with E-state index in [4.69, 9.17) is 10.1 Å². The average Bonchev–Trinajstić information content (AvgIpc) is 3.19. The molecule has 0 unspecified atom stereocenters. The van der Waals surface area contributed by atoms with Gasteiger partial charge in [-0.25, -0.2) is 15.0 Å². The van der Waals surface area contributed by atoms with Crippen LogP contribution in [0.15, 0.2) is 54.7 Å². The van der Waals surface area contributed by atoms with Gasteiger partial charge in [0.2, 0.25) is 0 Å². The van der Waals surface area contributed by atoms with Crippen molar-refractivity contribution in [2.45, 2.75) is 26.4 Å². The summed E-state index contributed by atoms with van der Waals surface area (Å²) in [7, 11) is 1.99. The summed E-state index contributed by atoms with van der Waals surface area (Å²) in [5.41, 5.74) is 4.02. The first-order valence-corrected chi connectivity index (χ1v) is 11.0. The van der Waals surface area contributed by atoms with Crippen molar-refractivity contribution >= 4 is 50.1 Å². The molecular formula is C23H24N6O2S. The van der Waals surface area contributed by atoms with Crippen molar-refractivity contribution < 1.29 is 9.90 Å². The maximum atomic E-state index is 11.0. The molecule has 0 saturated carbocycles. The number of aromatic nitrogens is 3. The largest absolute Gasteiger partial charge is 0.480 e. The number of anilines is 4. The first-order chi connectivity index (χ1) is 15.4. The Labute approximate surface area is 190 Å². The molecule has 9 heteroatoms. The summed E-state index contributed by atoms with van der Waals surface area (Å²) in [6, 6.07) is 15.3. The van der Waals surface area contributed by atoms with Gasteiger partial charge in [-0.05, 0) is 55.8 Å². The molecule has 0 aliphatic carbocycles. The number of carbonyl (C=O) groups is 1. The topological polar surface area (TPSA) is 103 Å². The normalized spacial score (nSPS) is 12.0. The molecule has 0 aliphatic heterocycles. The fourth-order valence-corrected chi connectivity index (χ4v) is 3.91. The number of hydrogen-bond acceptors (Lipinski definition) is 8. The van der Waals surface area contributed by atoms with Gasteiger partial charge in [0.25, 0.3) is 0 Å². The van der Waals surface area contributed by atoms with E-state index in [1.165, 1.54) is 16.9 Å². The number of aryl methyl sites for hydroxylation is 1. The van der Waals surface area contributed by atoms with Gasteiger partial charge in [0.15, 0.2) is 5.13 Å². The Bertz CT molecular complexity index is 1240. The summed E-state index contributed by atoms with van der Waals surface area (Å²) in [5, 5.41) is 15.9. The summed E-state index contributed by atoms with van der Waals surface area (Å²) in [6.07, 6.45) is 1.69. The highest BCUT2D eigenvalue weighted by Crippen LogP contribution is 2.30. The number of nitrogens with zero attached hydrogens (tertiary/aromatic N) is 4. The molecule has 0 spiro atoms. The molecule has 0 radical (unpaired) electrons. The van der Waals surface area contributed by atoms with Crippen molar-refractivity contribution in [2.75, 3.05) is 17.3 Å². The molecule has 4 aromatic rings. The molecule has 4 rings (SSSR count). The van der Waals surface area contributed by atoms with E-state index < -0.39 is 12.0 Å². The molecule has 3 N–H and O–H groups in total. The van der Waals surface area contributed by atoms with Crippen LogP contribution < -0.4 is 15.5 Å². The van der Waals surface area contributed by atoms with Crippen LogP contribution in [0.2, 0.25) is 0 Å². The average molecular weight is 449 g/mol. The third-order valence-electron chi connectivity index (χ3n) is 5.05. The highest BCUT2D eigenvalue weighted by atomic mass is 32.1. The van der Waals surface area contributed by atoms with Gasteiger partial charge in [0, 0.05) is 25.5 Å². The van der Waals surface area contributed by atoms with E-state index in [0.29, 0.717) is 17.5 Å². The molecule has 3 aromatic heterocycles. The van der Waals surface area contributed by atoms with Crippen molar-refractivity contribution in [3.05, 3.63) is 65.9 Å². The number of carboxylic acid groups (broad SMARTS) is 1. The van der Waals surface area contributed by atoms with Crippen molar-refractivity contribution in [1.82, 2.24) is 20.3 Å². The molecule has 0 aliphatic rings. The fraction of sp³-hybridized carbons (Fsp3) is 0.217. The first kappa shape index (κ1) is 21.7. The van der Waals surface area contributed by atoms with Gasteiger partial charge in [-0.3, -0.25) is 4.79 Å². The number of nitrogens with one attached hydrogen (secondary N) is 2. The Kier molecular flexibility index (Phi) is 6.29. The lowest BCUT2D eigenvalue weighted by atomic mass is 10.2. The Hall–Kier alpha value is -3.56. The summed E-state index contributed by atoms with van der Waals surface area (Å²) >= 11 is 1.46. The third-order valence-corrected chi connectivity index (χ3v) is 5.93. The van der Waals surface area contributed by atoms with Crippen LogP contribution >= 0.6 is 11.3 Å². The van der Waals surface area contributed by atoms with Crippen molar-refractivity contribution in [1.29, 1.82) is 0 Å². The Morgan fingerprint density at radius 2 is 1.94 bits per heavy atom. The number of carboxylic acids is 1. The van der Waals surface area contributed by atoms with E-state index in [1.807, 2.05) is 36.2 Å². The number of thiazole rings is 1. The van der Waals surface area contributed by atoms with Crippen LogP contribution in [-0.4, -0.2) is 39.1 Å². The number of pyridine rings is 2. The van der Waals surface area contributed by atoms with Crippen LogP contribution in [0.5, 0.6) is 0 Å². The summed E-state index contributed by atoms with van der Waals surface area (Å²) in [4.78, 5) is 27.6. The third kappa shape index (κ3) is 5.01. The van der Waals surface area contributed by atoms with Gasteiger partial charge >= 0.3 is 5.97 Å². The molecule has 1 atom stereocenters. The highest BCUT2D eigenvalue weighted by molar-refractivity contribution is 7.21. The Balaban J connectivity index is 1.49. The van der Waals surface area contributed by atoms with Crippen LogP contribution in [0.3, 0.4) is 0 Å². The fourth-order valence-electron chi connectivity index (χ4n) is 3.07. The van der Waals surface area contributed by atoms with Gasteiger partial charge in [0.1, 0.15) is 28.0 Å². The van der Waals surface area contributed by atoms with Crippen LogP contribution in [0.1, 0.15) is 18.1 Å². The second kappa shape index (κ2) is 9.29. The van der Waals surface area contributed by atoms with E-state index in [9.17, 15) is 4.79 Å². The molecule has 1 aromatic carbocycles. The molecular weight excluding hydrogens is 424 g/mol. The zero-order chi connectivity index (χ0) is 22.7. The van der Waals surface area contributed by atoms with E-state index >= 15 is 0 Å². The van der Waals surface area contributed by atoms with Crippen LogP contribution in [0.25, 0.3) is 10.3 Å². The van der Waals surface area contributed by atoms with Crippen molar-refractivity contribution in [3.63, 3.8) is 0 Å². The first-order valence-electron chi connectivity index (χ1n) is 10.1. The standard InChI is InChI=1S/C23H24N6O2S/c1-14-4-6-17(7-5-14)29(3)20-9-8-18-21(28-20)32-23(26-18)27-19-12-16(10-11-24-19)13-25-15(2)22(30)31/h4-12,15,25H,13H2,1-3H3,(H,30,31)(H,24,26,27)/t15-/m0/s1. The molecule has 0 fully saturated rings. The predicted molar refractivity (Wildman–Crippen MR) is 128 cm³/mol. The zero-order valence-corrected chi connectivity index (χ0v) is 18.8. The van der Waals surface area contributed by atoms with Crippen LogP contribution in [0, 0.1) is 6.92 Å². The van der Waals surface area contributed by atoms with Crippen LogP contribution in [0.4, 0.5) is 22.5 Å². The molecule has 32 heavy (non-hydrogen) atoms. The van der Waals surface area contributed by atoms with E-state index in [-0.39, 0.29) is 0 Å². The lowest BCUT2D eigenvalue weighted by molar-refractivity contribution is -0.139. The number of aliphatic carboxylic acids is 1. The summed E-state index contributed by atoms with van der Waals surface area (Å²) < 4.78 is 0. The predicted octanol–water partition coefficient (Wildman–Crippen LogP) is 4.47. The van der Waals surface area contributed by atoms with Crippen LogP contribution in [-0.2, 0) is 11.3 Å². The Morgan fingerprint density at radius 3 is 2.69 bits per heavy atom. The second-order valence-corrected chi connectivity index (χ2v) is 8.50. The monoisotopic (exact) mass is 448 g/mol. The smallest absolute Gasteiger partial charge is 0.320 e. The number of benzene rings is 1. The molecule has 0 bridgehead atoms. The van der Waals surface area contributed by atoms with Gasteiger partial charge < -0.3 is 20.6 Å². The van der Waals surface area contributed by atoms with Crippen molar-refractivity contribution in [2.24, 2.45) is 0 Å². The minimum absolute atomic E-state index is 0.431.